The van der Waals surface area contributed by atoms with Gasteiger partial charge >= 0.3 is 0 Å². The van der Waals surface area contributed by atoms with Crippen LogP contribution < -0.4 is 10.5 Å². The molecule has 2 aromatic carbocycles. The van der Waals surface area contributed by atoms with Gasteiger partial charge in [-0.15, -0.1) is 0 Å². The molecule has 7 heteroatoms. The van der Waals surface area contributed by atoms with Gasteiger partial charge in [0, 0.05) is 15.7 Å². The molecule has 0 fully saturated rings. The molecule has 0 amide bonds. The molecule has 0 radical (unpaired) electrons. The Balaban J connectivity index is 2.36. The van der Waals surface area contributed by atoms with Gasteiger partial charge < -0.3 is 5.73 Å². The molecule has 0 unspecified atom stereocenters. The molecule has 0 saturated heterocycles. The molecule has 3 N–H and O–H groups in total. The topological polar surface area (TPSA) is 72.2 Å². The van der Waals surface area contributed by atoms with Crippen molar-refractivity contribution in [2.75, 3.05) is 10.5 Å². The van der Waals surface area contributed by atoms with Crippen molar-refractivity contribution in [3.63, 3.8) is 0 Å². The second kappa shape index (κ2) is 6.13. The van der Waals surface area contributed by atoms with Crippen molar-refractivity contribution in [3.05, 3.63) is 52.0 Å². The first kappa shape index (κ1) is 15.9. The largest absolute Gasteiger partial charge is 0.398 e. The van der Waals surface area contributed by atoms with Gasteiger partial charge in [-0.1, -0.05) is 36.2 Å². The molecule has 0 aliphatic rings. The van der Waals surface area contributed by atoms with Crippen LogP contribution in [-0.2, 0) is 16.4 Å². The Morgan fingerprint density at radius 1 is 1.10 bits per heavy atom. The van der Waals surface area contributed by atoms with Crippen LogP contribution in [0.3, 0.4) is 0 Å². The molecule has 0 heterocycles. The van der Waals surface area contributed by atoms with Gasteiger partial charge in [-0.25, -0.2) is 8.42 Å². The lowest BCUT2D eigenvalue weighted by atomic mass is 10.1. The molecule has 112 valence electrons. The maximum Gasteiger partial charge on any atom is 0.261 e. The molecule has 0 spiro atoms. The second-order valence-corrected chi connectivity index (χ2v) is 7.03. The number of anilines is 2. The lowest BCUT2D eigenvalue weighted by Gasteiger charge is -2.11. The number of nitrogen functional groups attached to an aromatic ring is 1. The monoisotopic (exact) mass is 344 g/mol. The molecule has 0 aliphatic heterocycles. The van der Waals surface area contributed by atoms with Gasteiger partial charge in [0.05, 0.1) is 10.6 Å². The summed E-state index contributed by atoms with van der Waals surface area (Å²) in [4.78, 5) is 0.0910. The number of hydrogen-bond donors (Lipinski definition) is 2. The van der Waals surface area contributed by atoms with Crippen molar-refractivity contribution in [1.29, 1.82) is 0 Å². The molecule has 21 heavy (non-hydrogen) atoms. The Labute approximate surface area is 133 Å². The Morgan fingerprint density at radius 2 is 1.71 bits per heavy atom. The van der Waals surface area contributed by atoms with Crippen LogP contribution in [0.5, 0.6) is 0 Å². The molecule has 4 nitrogen and oxygen atoms in total. The van der Waals surface area contributed by atoms with E-state index in [4.69, 9.17) is 28.9 Å². The number of nitrogens with one attached hydrogen (secondary N) is 1. The zero-order chi connectivity index (χ0) is 15.6. The minimum atomic E-state index is -3.74. The predicted molar refractivity (Wildman–Crippen MR) is 87.5 cm³/mol. The van der Waals surface area contributed by atoms with Crippen LogP contribution in [0.4, 0.5) is 11.4 Å². The van der Waals surface area contributed by atoms with Crippen molar-refractivity contribution in [1.82, 2.24) is 0 Å². The SMILES string of the molecule is CCc1ccc(S(=O)(=O)Nc2cc(Cl)cc(Cl)c2)cc1N. The third kappa shape index (κ3) is 3.81. The summed E-state index contributed by atoms with van der Waals surface area (Å²) < 4.78 is 27.1. The number of aryl methyl sites for hydroxylation is 1. The number of hydrogen-bond acceptors (Lipinski definition) is 3. The molecule has 2 rings (SSSR count). The molecule has 0 aliphatic carbocycles. The van der Waals surface area contributed by atoms with Crippen LogP contribution in [0, 0.1) is 0 Å². The summed E-state index contributed by atoms with van der Waals surface area (Å²) in [6.45, 7) is 1.95. The van der Waals surface area contributed by atoms with E-state index in [1.807, 2.05) is 6.92 Å². The zero-order valence-corrected chi connectivity index (χ0v) is 13.6. The summed E-state index contributed by atoms with van der Waals surface area (Å²) >= 11 is 11.7. The first-order valence-corrected chi connectivity index (χ1v) is 8.43. The number of nitrogens with two attached hydrogens (primary N) is 1. The normalized spacial score (nSPS) is 11.4. The fraction of sp³-hybridized carbons (Fsp3) is 0.143. The van der Waals surface area contributed by atoms with E-state index in [9.17, 15) is 8.42 Å². The fourth-order valence-corrected chi connectivity index (χ4v) is 3.49. The van der Waals surface area contributed by atoms with Crippen molar-refractivity contribution in [3.8, 4) is 0 Å². The lowest BCUT2D eigenvalue weighted by Crippen LogP contribution is -2.13. The van der Waals surface area contributed by atoms with Gasteiger partial charge in [0.2, 0.25) is 0 Å². The highest BCUT2D eigenvalue weighted by Gasteiger charge is 2.16. The van der Waals surface area contributed by atoms with E-state index in [1.54, 1.807) is 6.07 Å². The summed E-state index contributed by atoms with van der Waals surface area (Å²) in [6.07, 6.45) is 0.740. The quantitative estimate of drug-likeness (QED) is 0.825. The van der Waals surface area contributed by atoms with Gasteiger partial charge in [-0.3, -0.25) is 4.72 Å². The second-order valence-electron chi connectivity index (χ2n) is 4.48. The van der Waals surface area contributed by atoms with Gasteiger partial charge in [-0.05, 0) is 42.3 Å². The number of halogens is 2. The average Bonchev–Trinajstić information content (AvgIpc) is 2.36. The first-order valence-electron chi connectivity index (χ1n) is 6.19. The number of benzene rings is 2. The molecule has 2 aromatic rings. The van der Waals surface area contributed by atoms with Crippen LogP contribution in [0.1, 0.15) is 12.5 Å². The Hall–Kier alpha value is -1.43. The highest BCUT2D eigenvalue weighted by molar-refractivity contribution is 7.92. The fourth-order valence-electron chi connectivity index (χ4n) is 1.89. The smallest absolute Gasteiger partial charge is 0.261 e. The standard InChI is InChI=1S/C14H14Cl2N2O2S/c1-2-9-3-4-13(8-14(9)17)21(19,20)18-12-6-10(15)5-11(16)7-12/h3-8,18H,2,17H2,1H3. The molecule has 0 atom stereocenters. The van der Waals surface area contributed by atoms with E-state index < -0.39 is 10.0 Å². The van der Waals surface area contributed by atoms with E-state index in [2.05, 4.69) is 4.72 Å². The van der Waals surface area contributed by atoms with Gasteiger partial charge in [0.25, 0.3) is 10.0 Å². The maximum atomic E-state index is 12.3. The molecule has 0 bridgehead atoms. The predicted octanol–water partition coefficient (Wildman–Crippen LogP) is 3.94. The minimum absolute atomic E-state index is 0.0910. The summed E-state index contributed by atoms with van der Waals surface area (Å²) in [5.41, 5.74) is 7.48. The van der Waals surface area contributed by atoms with Gasteiger partial charge in [-0.2, -0.15) is 0 Å². The summed E-state index contributed by atoms with van der Waals surface area (Å²) in [7, 11) is -3.74. The third-order valence-corrected chi connectivity index (χ3v) is 4.74. The average molecular weight is 345 g/mol. The van der Waals surface area contributed by atoms with E-state index >= 15 is 0 Å². The van der Waals surface area contributed by atoms with Crippen molar-refractivity contribution < 1.29 is 8.42 Å². The van der Waals surface area contributed by atoms with Crippen LogP contribution in [0.2, 0.25) is 10.0 Å². The van der Waals surface area contributed by atoms with E-state index in [0.29, 0.717) is 21.4 Å². The van der Waals surface area contributed by atoms with Crippen molar-refractivity contribution in [2.45, 2.75) is 18.2 Å². The lowest BCUT2D eigenvalue weighted by molar-refractivity contribution is 0.601. The van der Waals surface area contributed by atoms with E-state index in [0.717, 1.165) is 12.0 Å². The first-order chi connectivity index (χ1) is 9.81. The highest BCUT2D eigenvalue weighted by Crippen LogP contribution is 2.25. The molecule has 0 saturated carbocycles. The van der Waals surface area contributed by atoms with E-state index in [1.165, 1.54) is 30.3 Å². The van der Waals surface area contributed by atoms with Crippen LogP contribution in [0.25, 0.3) is 0 Å². The third-order valence-electron chi connectivity index (χ3n) is 2.92. The summed E-state index contributed by atoms with van der Waals surface area (Å²) in [6, 6.07) is 9.14. The molecular weight excluding hydrogens is 331 g/mol. The van der Waals surface area contributed by atoms with Gasteiger partial charge in [0.15, 0.2) is 0 Å². The minimum Gasteiger partial charge on any atom is -0.398 e. The zero-order valence-electron chi connectivity index (χ0n) is 11.2. The number of sulfonamides is 1. The number of rotatable bonds is 4. The summed E-state index contributed by atoms with van der Waals surface area (Å²) in [5.74, 6) is 0. The van der Waals surface area contributed by atoms with Crippen LogP contribution >= 0.6 is 23.2 Å². The maximum absolute atomic E-state index is 12.3. The van der Waals surface area contributed by atoms with Crippen LogP contribution in [-0.4, -0.2) is 8.42 Å². The van der Waals surface area contributed by atoms with E-state index in [-0.39, 0.29) is 4.90 Å². The summed E-state index contributed by atoms with van der Waals surface area (Å²) in [5, 5.41) is 0.696. The Kier molecular flexibility index (Phi) is 4.66. The van der Waals surface area contributed by atoms with Gasteiger partial charge in [0.1, 0.15) is 0 Å². The van der Waals surface area contributed by atoms with Crippen molar-refractivity contribution in [2.24, 2.45) is 0 Å². The Morgan fingerprint density at radius 3 is 2.24 bits per heavy atom. The van der Waals surface area contributed by atoms with Crippen molar-refractivity contribution >= 4 is 44.6 Å². The molecular formula is C14H14Cl2N2O2S. The van der Waals surface area contributed by atoms with Crippen LogP contribution in [0.15, 0.2) is 41.3 Å². The molecule has 0 aromatic heterocycles. The Bertz CT molecular complexity index is 756. The highest BCUT2D eigenvalue weighted by atomic mass is 35.5.